The van der Waals surface area contributed by atoms with Crippen molar-refractivity contribution in [1.82, 2.24) is 4.90 Å². The molecule has 2 rings (SSSR count). The summed E-state index contributed by atoms with van der Waals surface area (Å²) in [6, 6.07) is 8.19. The Hall–Kier alpha value is -1.20. The molecule has 0 aliphatic carbocycles. The molecule has 0 spiro atoms. The third kappa shape index (κ3) is 4.92. The minimum Gasteiger partial charge on any atom is -0.497 e. The molecular formula is C17H25NO3S. The smallest absolute Gasteiger partial charge is 0.233 e. The molecule has 1 aliphatic heterocycles. The minimum absolute atomic E-state index is 0.230. The van der Waals surface area contributed by atoms with Crippen molar-refractivity contribution in [1.29, 1.82) is 0 Å². The molecule has 1 atom stereocenters. The third-order valence-corrected chi connectivity index (χ3v) is 4.98. The summed E-state index contributed by atoms with van der Waals surface area (Å²) < 4.78 is 10.4. The number of nitrogens with zero attached hydrogens (tertiary/aromatic N) is 1. The number of carbonyl (C=O) groups is 1. The van der Waals surface area contributed by atoms with Gasteiger partial charge in [0.2, 0.25) is 5.91 Å². The van der Waals surface area contributed by atoms with Crippen molar-refractivity contribution in [3.8, 4) is 5.75 Å². The summed E-state index contributed by atoms with van der Waals surface area (Å²) in [5.41, 5.74) is 0. The van der Waals surface area contributed by atoms with Gasteiger partial charge in [-0.1, -0.05) is 6.07 Å². The first-order chi connectivity index (χ1) is 10.7. The zero-order valence-electron chi connectivity index (χ0n) is 13.4. The van der Waals surface area contributed by atoms with Gasteiger partial charge >= 0.3 is 0 Å². The van der Waals surface area contributed by atoms with E-state index in [9.17, 15) is 4.79 Å². The van der Waals surface area contributed by atoms with Crippen LogP contribution in [-0.2, 0) is 9.53 Å². The van der Waals surface area contributed by atoms with Crippen LogP contribution >= 0.6 is 11.8 Å². The van der Waals surface area contributed by atoms with E-state index in [1.807, 2.05) is 24.3 Å². The topological polar surface area (TPSA) is 38.8 Å². The van der Waals surface area contributed by atoms with Gasteiger partial charge < -0.3 is 14.4 Å². The van der Waals surface area contributed by atoms with Gasteiger partial charge in [0.05, 0.1) is 12.9 Å². The van der Waals surface area contributed by atoms with E-state index in [1.54, 1.807) is 26.0 Å². The summed E-state index contributed by atoms with van der Waals surface area (Å²) in [7, 11) is 3.37. The highest BCUT2D eigenvalue weighted by molar-refractivity contribution is 8.00. The van der Waals surface area contributed by atoms with Crippen molar-refractivity contribution in [2.45, 2.75) is 36.6 Å². The number of piperidine rings is 1. The van der Waals surface area contributed by atoms with Crippen LogP contribution in [0.4, 0.5) is 0 Å². The first kappa shape index (κ1) is 17.2. The van der Waals surface area contributed by atoms with Crippen LogP contribution in [0.5, 0.6) is 5.75 Å². The molecule has 0 N–H and O–H groups in total. The van der Waals surface area contributed by atoms with Gasteiger partial charge in [-0.05, 0) is 43.9 Å². The number of ether oxygens (including phenoxy) is 2. The quantitative estimate of drug-likeness (QED) is 0.722. The summed E-state index contributed by atoms with van der Waals surface area (Å²) in [5, 5.41) is 0. The van der Waals surface area contributed by atoms with Crippen molar-refractivity contribution in [2.75, 3.05) is 33.1 Å². The van der Waals surface area contributed by atoms with Crippen molar-refractivity contribution >= 4 is 17.7 Å². The second-order valence-corrected chi connectivity index (χ2v) is 6.53. The van der Waals surface area contributed by atoms with Crippen molar-refractivity contribution in [3.05, 3.63) is 24.3 Å². The van der Waals surface area contributed by atoms with E-state index in [2.05, 4.69) is 4.90 Å². The van der Waals surface area contributed by atoms with Crippen LogP contribution in [0.15, 0.2) is 29.2 Å². The minimum atomic E-state index is 0.230. The van der Waals surface area contributed by atoms with E-state index < -0.39 is 0 Å². The maximum absolute atomic E-state index is 12.5. The van der Waals surface area contributed by atoms with Gasteiger partial charge in [0.15, 0.2) is 0 Å². The fourth-order valence-electron chi connectivity index (χ4n) is 2.80. The number of hydrogen-bond acceptors (Lipinski definition) is 4. The van der Waals surface area contributed by atoms with Crippen LogP contribution in [0, 0.1) is 0 Å². The van der Waals surface area contributed by atoms with Crippen molar-refractivity contribution in [3.63, 3.8) is 0 Å². The Kier molecular flexibility index (Phi) is 7.06. The number of thioether (sulfide) groups is 1. The second-order valence-electron chi connectivity index (χ2n) is 5.49. The molecular weight excluding hydrogens is 298 g/mol. The molecule has 0 radical (unpaired) electrons. The summed E-state index contributed by atoms with van der Waals surface area (Å²) in [6.07, 6.45) is 4.35. The summed E-state index contributed by atoms with van der Waals surface area (Å²) in [5.74, 6) is 1.54. The Labute approximate surface area is 137 Å². The molecule has 5 heteroatoms. The molecule has 0 saturated carbocycles. The number of likely N-dealkylation sites (tertiary alicyclic amines) is 1. The highest BCUT2D eigenvalue weighted by atomic mass is 32.2. The van der Waals surface area contributed by atoms with E-state index >= 15 is 0 Å². The number of benzene rings is 1. The molecule has 1 aliphatic rings. The Bertz CT molecular complexity index is 481. The number of carbonyl (C=O) groups excluding carboxylic acids is 1. The van der Waals surface area contributed by atoms with Crippen LogP contribution in [0.1, 0.15) is 25.7 Å². The lowest BCUT2D eigenvalue weighted by molar-refractivity contribution is -0.132. The van der Waals surface area contributed by atoms with E-state index in [-0.39, 0.29) is 5.91 Å². The largest absolute Gasteiger partial charge is 0.497 e. The predicted molar refractivity (Wildman–Crippen MR) is 89.6 cm³/mol. The number of methoxy groups -OCH3 is 2. The summed E-state index contributed by atoms with van der Waals surface area (Å²) in [4.78, 5) is 15.7. The fourth-order valence-corrected chi connectivity index (χ4v) is 3.63. The van der Waals surface area contributed by atoms with Gasteiger partial charge in [0.25, 0.3) is 0 Å². The highest BCUT2D eigenvalue weighted by Crippen LogP contribution is 2.25. The molecule has 0 bridgehead atoms. The van der Waals surface area contributed by atoms with Crippen LogP contribution < -0.4 is 4.74 Å². The fraction of sp³-hybridized carbons (Fsp3) is 0.588. The third-order valence-electron chi connectivity index (χ3n) is 4.01. The molecule has 0 unspecified atom stereocenters. The SMILES string of the molecule is COCC[C@@H]1CCCCN1C(=O)CSc1cccc(OC)c1. The van der Waals surface area contributed by atoms with Gasteiger partial charge in [-0.2, -0.15) is 0 Å². The van der Waals surface area contributed by atoms with Crippen molar-refractivity contribution in [2.24, 2.45) is 0 Å². The molecule has 1 heterocycles. The van der Waals surface area contributed by atoms with Gasteiger partial charge in [-0.15, -0.1) is 11.8 Å². The molecule has 1 aromatic rings. The molecule has 1 fully saturated rings. The average molecular weight is 323 g/mol. The average Bonchev–Trinajstić information content (AvgIpc) is 2.58. The van der Waals surface area contributed by atoms with Gasteiger partial charge in [0, 0.05) is 31.2 Å². The van der Waals surface area contributed by atoms with Crippen LogP contribution in [0.2, 0.25) is 0 Å². The first-order valence-corrected chi connectivity index (χ1v) is 8.78. The monoisotopic (exact) mass is 323 g/mol. The zero-order valence-corrected chi connectivity index (χ0v) is 14.2. The molecule has 1 saturated heterocycles. The Morgan fingerprint density at radius 1 is 1.36 bits per heavy atom. The van der Waals surface area contributed by atoms with Crippen LogP contribution in [-0.4, -0.2) is 50.0 Å². The lowest BCUT2D eigenvalue weighted by Gasteiger charge is -2.35. The molecule has 0 aromatic heterocycles. The van der Waals surface area contributed by atoms with Crippen LogP contribution in [0.3, 0.4) is 0 Å². The Balaban J connectivity index is 1.89. The highest BCUT2D eigenvalue weighted by Gasteiger charge is 2.26. The maximum atomic E-state index is 12.5. The molecule has 22 heavy (non-hydrogen) atoms. The van der Waals surface area contributed by atoms with E-state index in [1.165, 1.54) is 6.42 Å². The van der Waals surface area contributed by atoms with Crippen molar-refractivity contribution < 1.29 is 14.3 Å². The lowest BCUT2D eigenvalue weighted by atomic mass is 10.00. The predicted octanol–water partition coefficient (Wildman–Crippen LogP) is 3.20. The molecule has 4 nitrogen and oxygen atoms in total. The Morgan fingerprint density at radius 3 is 3.00 bits per heavy atom. The van der Waals surface area contributed by atoms with E-state index in [0.717, 1.165) is 43.1 Å². The van der Waals surface area contributed by atoms with Gasteiger partial charge in [-0.3, -0.25) is 4.79 Å². The molecule has 122 valence electrons. The Morgan fingerprint density at radius 2 is 2.23 bits per heavy atom. The van der Waals surface area contributed by atoms with Gasteiger partial charge in [-0.25, -0.2) is 0 Å². The number of amides is 1. The van der Waals surface area contributed by atoms with Gasteiger partial charge in [0.1, 0.15) is 5.75 Å². The molecule has 1 amide bonds. The summed E-state index contributed by atoms with van der Waals surface area (Å²) in [6.45, 7) is 1.60. The lowest BCUT2D eigenvalue weighted by Crippen LogP contribution is -2.45. The molecule has 1 aromatic carbocycles. The zero-order chi connectivity index (χ0) is 15.8. The number of rotatable bonds is 7. The van der Waals surface area contributed by atoms with Crippen LogP contribution in [0.25, 0.3) is 0 Å². The van der Waals surface area contributed by atoms with E-state index in [4.69, 9.17) is 9.47 Å². The maximum Gasteiger partial charge on any atom is 0.233 e. The first-order valence-electron chi connectivity index (χ1n) is 7.80. The number of hydrogen-bond donors (Lipinski definition) is 0. The van der Waals surface area contributed by atoms with E-state index in [0.29, 0.717) is 11.8 Å². The normalized spacial score (nSPS) is 18.3. The second kappa shape index (κ2) is 9.06. The summed E-state index contributed by atoms with van der Waals surface area (Å²) >= 11 is 1.58. The standard InChI is InChI=1S/C17H25NO3S/c1-20-11-9-14-6-3-4-10-18(14)17(19)13-22-16-8-5-7-15(12-16)21-2/h5,7-8,12,14H,3-4,6,9-11,13H2,1-2H3/t14-/m0/s1.